The number of hydrogen-bond donors (Lipinski definition) is 1. The molecule has 3 aromatic rings. The lowest BCUT2D eigenvalue weighted by atomic mass is 10.1. The van der Waals surface area contributed by atoms with Gasteiger partial charge in [0.1, 0.15) is 40.4 Å². The monoisotopic (exact) mass is 422 g/mol. The van der Waals surface area contributed by atoms with Crippen LogP contribution in [0.2, 0.25) is 0 Å². The molecule has 1 heterocycles. The molecule has 1 N–H and O–H groups in total. The van der Waals surface area contributed by atoms with Gasteiger partial charge >= 0.3 is 5.97 Å². The minimum atomic E-state index is -0.490. The molecule has 0 bridgehead atoms. The van der Waals surface area contributed by atoms with E-state index in [-0.39, 0.29) is 27.9 Å². The molecular formula is C25H26O6. The van der Waals surface area contributed by atoms with E-state index in [0.29, 0.717) is 17.9 Å². The average Bonchev–Trinajstić information content (AvgIpc) is 2.67. The summed E-state index contributed by atoms with van der Waals surface area (Å²) in [4.78, 5) is 24.1. The molecule has 0 atom stereocenters. The molecule has 6 nitrogen and oxygen atoms in total. The minimum Gasteiger partial charge on any atom is -0.507 e. The Labute approximate surface area is 180 Å². The van der Waals surface area contributed by atoms with Gasteiger partial charge in [-0.1, -0.05) is 17.2 Å². The lowest BCUT2D eigenvalue weighted by molar-refractivity contribution is -0.131. The molecule has 0 fully saturated rings. The van der Waals surface area contributed by atoms with Crippen LogP contribution in [-0.2, 0) is 4.79 Å². The molecule has 2 aromatic carbocycles. The van der Waals surface area contributed by atoms with E-state index in [1.807, 2.05) is 6.08 Å². The Morgan fingerprint density at radius 1 is 1.03 bits per heavy atom. The molecule has 0 spiro atoms. The topological polar surface area (TPSA) is 86.0 Å². The molecule has 0 amide bonds. The number of benzene rings is 2. The number of phenolic OH excluding ortho intramolecular Hbond substituents is 1. The summed E-state index contributed by atoms with van der Waals surface area (Å²) in [5.41, 5.74) is 2.64. The van der Waals surface area contributed by atoms with Gasteiger partial charge in [-0.15, -0.1) is 0 Å². The van der Waals surface area contributed by atoms with E-state index in [2.05, 4.69) is 26.8 Å². The highest BCUT2D eigenvalue weighted by molar-refractivity contribution is 5.94. The van der Waals surface area contributed by atoms with Crippen LogP contribution in [0.5, 0.6) is 17.2 Å². The Bertz CT molecular complexity index is 1240. The molecule has 3 rings (SSSR count). The zero-order valence-electron chi connectivity index (χ0n) is 18.2. The highest BCUT2D eigenvalue weighted by atomic mass is 16.5. The number of esters is 1. The van der Waals surface area contributed by atoms with Gasteiger partial charge in [0, 0.05) is 19.1 Å². The number of hydrogen-bond acceptors (Lipinski definition) is 6. The highest BCUT2D eigenvalue weighted by Gasteiger charge is 2.14. The minimum absolute atomic E-state index is 0.0493. The maximum absolute atomic E-state index is 12.9. The first kappa shape index (κ1) is 22.2. The van der Waals surface area contributed by atoms with Crippen molar-refractivity contribution in [3.63, 3.8) is 0 Å². The lowest BCUT2D eigenvalue weighted by Gasteiger charge is -2.09. The van der Waals surface area contributed by atoms with Crippen LogP contribution in [0.1, 0.15) is 40.5 Å². The Morgan fingerprint density at radius 3 is 2.52 bits per heavy atom. The number of fused-ring (bicyclic) bond motifs is 2. The van der Waals surface area contributed by atoms with Crippen LogP contribution >= 0.6 is 0 Å². The average molecular weight is 422 g/mol. The number of allylic oxidation sites excluding steroid dienone is 3. The number of rotatable bonds is 7. The maximum atomic E-state index is 12.9. The second-order valence-corrected chi connectivity index (χ2v) is 7.68. The van der Waals surface area contributed by atoms with Gasteiger partial charge in [-0.25, -0.2) is 0 Å². The maximum Gasteiger partial charge on any atom is 0.308 e. The van der Waals surface area contributed by atoms with Gasteiger partial charge in [0.15, 0.2) is 0 Å². The van der Waals surface area contributed by atoms with Crippen LogP contribution in [0.25, 0.3) is 21.9 Å². The van der Waals surface area contributed by atoms with Gasteiger partial charge in [0.25, 0.3) is 0 Å². The molecule has 31 heavy (non-hydrogen) atoms. The van der Waals surface area contributed by atoms with Crippen molar-refractivity contribution in [2.45, 2.75) is 40.5 Å². The third kappa shape index (κ3) is 5.54. The number of carbonyl (C=O) groups is 1. The zero-order valence-corrected chi connectivity index (χ0v) is 18.2. The van der Waals surface area contributed by atoms with Crippen molar-refractivity contribution in [1.82, 2.24) is 0 Å². The van der Waals surface area contributed by atoms with Crippen LogP contribution in [0.15, 0.2) is 62.8 Å². The molecule has 6 heteroatoms. The summed E-state index contributed by atoms with van der Waals surface area (Å²) in [7, 11) is 0. The molecule has 0 aliphatic rings. The van der Waals surface area contributed by atoms with E-state index in [9.17, 15) is 14.7 Å². The first-order chi connectivity index (χ1) is 14.7. The van der Waals surface area contributed by atoms with Gasteiger partial charge < -0.3 is 19.0 Å². The smallest absolute Gasteiger partial charge is 0.308 e. The first-order valence-electron chi connectivity index (χ1n) is 10.1. The third-order valence-electron chi connectivity index (χ3n) is 4.73. The van der Waals surface area contributed by atoms with E-state index in [1.54, 1.807) is 18.2 Å². The van der Waals surface area contributed by atoms with E-state index < -0.39 is 11.4 Å². The van der Waals surface area contributed by atoms with E-state index in [0.717, 1.165) is 12.8 Å². The Morgan fingerprint density at radius 2 is 1.81 bits per heavy atom. The fourth-order valence-electron chi connectivity index (χ4n) is 3.20. The summed E-state index contributed by atoms with van der Waals surface area (Å²) in [6.07, 6.45) is 6.13. The van der Waals surface area contributed by atoms with Crippen molar-refractivity contribution >= 4 is 27.9 Å². The second-order valence-electron chi connectivity index (χ2n) is 7.68. The van der Waals surface area contributed by atoms with Crippen LogP contribution in [-0.4, -0.2) is 17.7 Å². The van der Waals surface area contributed by atoms with Crippen molar-refractivity contribution in [1.29, 1.82) is 0 Å². The molecule has 162 valence electrons. The molecule has 0 aliphatic carbocycles. The molecule has 0 saturated heterocycles. The predicted octanol–water partition coefficient (Wildman–Crippen LogP) is 5.65. The number of aromatic hydroxyl groups is 1. The molecule has 0 unspecified atom stereocenters. The lowest BCUT2D eigenvalue weighted by Crippen LogP contribution is -2.05. The standard InChI is InChI=1S/C25H26O6/c1-15(2)6-5-7-16(3)10-11-29-19-13-21(27)24-23(14-19)31-22-9-8-18(30-17(4)26)12-20(22)25(24)28/h6,8-10,12-14,27H,5,7,11H2,1-4H3. The second kappa shape index (κ2) is 9.51. The summed E-state index contributed by atoms with van der Waals surface area (Å²) in [5, 5.41) is 10.7. The summed E-state index contributed by atoms with van der Waals surface area (Å²) in [5.74, 6) is -0.0871. The molecule has 0 aliphatic heterocycles. The van der Waals surface area contributed by atoms with E-state index in [4.69, 9.17) is 13.9 Å². The Hall–Kier alpha value is -3.54. The van der Waals surface area contributed by atoms with Gasteiger partial charge in [-0.05, 0) is 57.9 Å². The van der Waals surface area contributed by atoms with Crippen molar-refractivity contribution in [3.8, 4) is 17.2 Å². The van der Waals surface area contributed by atoms with Crippen molar-refractivity contribution in [2.24, 2.45) is 0 Å². The van der Waals surface area contributed by atoms with Gasteiger partial charge in [-0.3, -0.25) is 9.59 Å². The van der Waals surface area contributed by atoms with Crippen LogP contribution in [0.4, 0.5) is 0 Å². The molecule has 1 aromatic heterocycles. The largest absolute Gasteiger partial charge is 0.507 e. The molecular weight excluding hydrogens is 396 g/mol. The zero-order chi connectivity index (χ0) is 22.5. The Balaban J connectivity index is 1.86. The first-order valence-corrected chi connectivity index (χ1v) is 10.1. The summed E-state index contributed by atoms with van der Waals surface area (Å²) in [6, 6.07) is 7.50. The summed E-state index contributed by atoms with van der Waals surface area (Å²) < 4.78 is 16.6. The van der Waals surface area contributed by atoms with Gasteiger partial charge in [0.05, 0.1) is 5.39 Å². The highest BCUT2D eigenvalue weighted by Crippen LogP contribution is 2.31. The summed E-state index contributed by atoms with van der Waals surface area (Å²) >= 11 is 0. The van der Waals surface area contributed by atoms with Gasteiger partial charge in [-0.2, -0.15) is 0 Å². The van der Waals surface area contributed by atoms with Crippen molar-refractivity contribution in [3.05, 3.63) is 63.9 Å². The quantitative estimate of drug-likeness (QED) is 0.229. The van der Waals surface area contributed by atoms with E-state index >= 15 is 0 Å². The van der Waals surface area contributed by atoms with Crippen LogP contribution in [0, 0.1) is 0 Å². The van der Waals surface area contributed by atoms with E-state index in [1.165, 1.54) is 30.2 Å². The van der Waals surface area contributed by atoms with Crippen molar-refractivity contribution in [2.75, 3.05) is 6.61 Å². The molecule has 0 saturated carbocycles. The number of ether oxygens (including phenoxy) is 2. The SMILES string of the molecule is CC(=O)Oc1ccc2oc3cc(OCC=C(C)CCC=C(C)C)cc(O)c3c(=O)c2c1. The van der Waals surface area contributed by atoms with Crippen LogP contribution < -0.4 is 14.9 Å². The fourth-order valence-corrected chi connectivity index (χ4v) is 3.20. The Kier molecular flexibility index (Phi) is 6.80. The molecule has 0 radical (unpaired) electrons. The predicted molar refractivity (Wildman–Crippen MR) is 121 cm³/mol. The fraction of sp³-hybridized carbons (Fsp3) is 0.280. The number of phenols is 1. The normalized spacial score (nSPS) is 11.5. The summed E-state index contributed by atoms with van der Waals surface area (Å²) in [6.45, 7) is 7.83. The number of carbonyl (C=O) groups excluding carboxylic acids is 1. The third-order valence-corrected chi connectivity index (χ3v) is 4.73. The van der Waals surface area contributed by atoms with Crippen LogP contribution in [0.3, 0.4) is 0 Å². The van der Waals surface area contributed by atoms with Crippen molar-refractivity contribution < 1.29 is 23.8 Å². The van der Waals surface area contributed by atoms with Gasteiger partial charge in [0.2, 0.25) is 5.43 Å².